The number of hydrogen-bond donors (Lipinski definition) is 0. The Morgan fingerprint density at radius 3 is 1.13 bits per heavy atom. The van der Waals surface area contributed by atoms with Crippen LogP contribution in [0.25, 0.3) is 0 Å². The average Bonchev–Trinajstić information content (AvgIpc) is 3.04. The Morgan fingerprint density at radius 1 is 0.500 bits per heavy atom. The van der Waals surface area contributed by atoms with Crippen molar-refractivity contribution in [3.05, 3.63) is 0 Å². The van der Waals surface area contributed by atoms with Crippen LogP contribution in [0.5, 0.6) is 0 Å². The Hall–Kier alpha value is -0.530. The van der Waals surface area contributed by atoms with Crippen LogP contribution in [0.3, 0.4) is 0 Å². The van der Waals surface area contributed by atoms with Crippen molar-refractivity contribution >= 4 is 5.91 Å². The molecule has 0 radical (unpaired) electrons. The number of rotatable bonds is 35. The van der Waals surface area contributed by atoms with Gasteiger partial charge in [-0.3, -0.25) is 4.79 Å². The highest BCUT2D eigenvalue weighted by molar-refractivity contribution is 5.80. The molecule has 1 fully saturated rings. The van der Waals surface area contributed by atoms with Crippen LogP contribution in [0.1, 0.15) is 253 Å². The molecule has 0 N–H and O–H groups in total. The lowest BCUT2D eigenvalue weighted by Crippen LogP contribution is -2.59. The number of carbonyl (C=O) groups is 1. The summed E-state index contributed by atoms with van der Waals surface area (Å²) in [5.41, 5.74) is 0. The quantitative estimate of drug-likeness (QED) is 0.0628. The van der Waals surface area contributed by atoms with Gasteiger partial charge in [0.15, 0.2) is 0 Å². The highest BCUT2D eigenvalue weighted by Gasteiger charge is 2.40. The van der Waals surface area contributed by atoms with E-state index in [1.807, 2.05) is 0 Å². The summed E-state index contributed by atoms with van der Waals surface area (Å²) in [6.07, 6.45) is 47.5. The lowest BCUT2D eigenvalue weighted by molar-refractivity contribution is -0.149. The Labute approximate surface area is 291 Å². The lowest BCUT2D eigenvalue weighted by atomic mass is 9.83. The third-order valence-electron chi connectivity index (χ3n) is 11.4. The molecule has 1 heterocycles. The Kier molecular flexibility index (Phi) is 30.0. The molecular weight excluding hydrogens is 558 g/mol. The third-order valence-corrected chi connectivity index (χ3v) is 11.4. The molecule has 3 unspecified atom stereocenters. The third kappa shape index (κ3) is 23.7. The second-order valence-electron chi connectivity index (χ2n) is 16.2. The molecule has 1 saturated heterocycles. The summed E-state index contributed by atoms with van der Waals surface area (Å²) in [7, 11) is 0. The number of likely N-dealkylation sites (tertiary alicyclic amines) is 1. The Balaban J connectivity index is 1.92. The van der Waals surface area contributed by atoms with Crippen LogP contribution in [0.15, 0.2) is 0 Å². The van der Waals surface area contributed by atoms with E-state index in [1.54, 1.807) is 0 Å². The molecule has 46 heavy (non-hydrogen) atoms. The van der Waals surface area contributed by atoms with Gasteiger partial charge in [0.2, 0.25) is 5.91 Å². The van der Waals surface area contributed by atoms with Crippen molar-refractivity contribution in [1.82, 2.24) is 4.90 Å². The molecule has 0 saturated carbocycles. The normalized spacial score (nSPS) is 17.7. The minimum absolute atomic E-state index is 0.207. The van der Waals surface area contributed by atoms with Gasteiger partial charge in [0.1, 0.15) is 0 Å². The van der Waals surface area contributed by atoms with Gasteiger partial charge in [-0.2, -0.15) is 0 Å². The molecule has 0 aromatic heterocycles. The van der Waals surface area contributed by atoms with Crippen LogP contribution in [0, 0.1) is 11.8 Å². The van der Waals surface area contributed by atoms with Gasteiger partial charge in [0.25, 0.3) is 0 Å². The second-order valence-corrected chi connectivity index (χ2v) is 16.2. The van der Waals surface area contributed by atoms with Gasteiger partial charge in [0.05, 0.1) is 0 Å². The zero-order chi connectivity index (χ0) is 33.5. The SMILES string of the molecule is CCCCCCCCCCCCCCCCCCCCCCCC(C)C(=O)N1C(C)C[C@@H]1CC(C)CCCCCCCCCCC. The topological polar surface area (TPSA) is 20.3 Å². The minimum atomic E-state index is 0.207. The molecular formula is C44H87NO. The highest BCUT2D eigenvalue weighted by atomic mass is 16.2. The maximum Gasteiger partial charge on any atom is 0.225 e. The van der Waals surface area contributed by atoms with E-state index in [0.29, 0.717) is 18.0 Å². The van der Waals surface area contributed by atoms with E-state index >= 15 is 0 Å². The fourth-order valence-corrected chi connectivity index (χ4v) is 8.10. The first-order valence-corrected chi connectivity index (χ1v) is 21.8. The molecule has 0 bridgehead atoms. The van der Waals surface area contributed by atoms with E-state index in [2.05, 4.69) is 39.5 Å². The summed E-state index contributed by atoms with van der Waals surface area (Å²) in [6.45, 7) is 11.5. The zero-order valence-corrected chi connectivity index (χ0v) is 32.7. The molecule has 0 spiro atoms. The predicted octanol–water partition coefficient (Wildman–Crippen LogP) is 15.2. The molecule has 2 heteroatoms. The maximum absolute atomic E-state index is 13.3. The van der Waals surface area contributed by atoms with Gasteiger partial charge in [0, 0.05) is 18.0 Å². The van der Waals surface area contributed by atoms with Crippen LogP contribution in [0.4, 0.5) is 0 Å². The number of hydrogen-bond acceptors (Lipinski definition) is 1. The average molecular weight is 646 g/mol. The monoisotopic (exact) mass is 646 g/mol. The second kappa shape index (κ2) is 31.7. The minimum Gasteiger partial charge on any atom is -0.337 e. The number of carbonyl (C=O) groups excluding carboxylic acids is 1. The van der Waals surface area contributed by atoms with Crippen molar-refractivity contribution in [1.29, 1.82) is 0 Å². The fourth-order valence-electron chi connectivity index (χ4n) is 8.10. The first kappa shape index (κ1) is 43.5. The summed E-state index contributed by atoms with van der Waals surface area (Å²) in [6, 6.07) is 0.970. The lowest BCUT2D eigenvalue weighted by Gasteiger charge is -2.49. The van der Waals surface area contributed by atoms with Gasteiger partial charge < -0.3 is 4.90 Å². The first-order chi connectivity index (χ1) is 22.5. The summed E-state index contributed by atoms with van der Waals surface area (Å²) < 4.78 is 0. The van der Waals surface area contributed by atoms with E-state index in [9.17, 15) is 4.79 Å². The summed E-state index contributed by atoms with van der Waals surface area (Å²) in [5.74, 6) is 1.41. The van der Waals surface area contributed by atoms with Gasteiger partial charge in [-0.15, -0.1) is 0 Å². The van der Waals surface area contributed by atoms with Crippen LogP contribution in [0.2, 0.25) is 0 Å². The van der Waals surface area contributed by atoms with Crippen LogP contribution < -0.4 is 0 Å². The predicted molar refractivity (Wildman–Crippen MR) is 207 cm³/mol. The summed E-state index contributed by atoms with van der Waals surface area (Å²) >= 11 is 0. The van der Waals surface area contributed by atoms with E-state index in [0.717, 1.165) is 12.3 Å². The standard InChI is InChI=1S/C44H87NO/c1-6-8-10-12-14-16-17-18-19-20-21-22-23-24-25-26-27-29-31-33-35-37-41(4)44(46)45-42(5)39-43(45)38-40(3)36-34-32-30-28-15-13-11-9-7-2/h40-43H,6-39H2,1-5H3/t40?,41?,42?,43-/m0/s1. The molecule has 1 aliphatic rings. The van der Waals surface area contributed by atoms with E-state index in [1.165, 1.54) is 212 Å². The van der Waals surface area contributed by atoms with Crippen LogP contribution >= 0.6 is 0 Å². The first-order valence-electron chi connectivity index (χ1n) is 21.8. The molecule has 0 aromatic rings. The molecule has 4 atom stereocenters. The highest BCUT2D eigenvalue weighted by Crippen LogP contribution is 2.34. The zero-order valence-electron chi connectivity index (χ0n) is 32.7. The molecule has 1 rings (SSSR count). The molecule has 0 aromatic carbocycles. The van der Waals surface area contributed by atoms with Gasteiger partial charge in [-0.1, -0.05) is 227 Å². The molecule has 1 aliphatic heterocycles. The summed E-state index contributed by atoms with van der Waals surface area (Å²) in [5, 5.41) is 0. The number of unbranched alkanes of at least 4 members (excludes halogenated alkanes) is 28. The van der Waals surface area contributed by atoms with Gasteiger partial charge in [-0.05, 0) is 32.1 Å². The van der Waals surface area contributed by atoms with Gasteiger partial charge >= 0.3 is 0 Å². The molecule has 0 aliphatic carbocycles. The van der Waals surface area contributed by atoms with Crippen molar-refractivity contribution in [3.8, 4) is 0 Å². The number of amides is 1. The molecule has 2 nitrogen and oxygen atoms in total. The molecule has 1 amide bonds. The smallest absolute Gasteiger partial charge is 0.225 e. The van der Waals surface area contributed by atoms with Crippen molar-refractivity contribution < 1.29 is 4.79 Å². The van der Waals surface area contributed by atoms with E-state index < -0.39 is 0 Å². The van der Waals surface area contributed by atoms with Crippen LogP contribution in [-0.2, 0) is 4.79 Å². The fraction of sp³-hybridized carbons (Fsp3) is 0.977. The van der Waals surface area contributed by atoms with Gasteiger partial charge in [-0.25, -0.2) is 0 Å². The van der Waals surface area contributed by atoms with Crippen molar-refractivity contribution in [2.24, 2.45) is 11.8 Å². The van der Waals surface area contributed by atoms with Crippen molar-refractivity contribution in [3.63, 3.8) is 0 Å². The Morgan fingerprint density at radius 2 is 0.804 bits per heavy atom. The number of nitrogens with zero attached hydrogens (tertiary/aromatic N) is 1. The Bertz CT molecular complexity index is 646. The van der Waals surface area contributed by atoms with Crippen molar-refractivity contribution in [2.45, 2.75) is 265 Å². The van der Waals surface area contributed by atoms with E-state index in [-0.39, 0.29) is 5.92 Å². The largest absolute Gasteiger partial charge is 0.337 e. The van der Waals surface area contributed by atoms with Crippen LogP contribution in [-0.4, -0.2) is 22.9 Å². The maximum atomic E-state index is 13.3. The molecule has 274 valence electrons. The summed E-state index contributed by atoms with van der Waals surface area (Å²) in [4.78, 5) is 15.6. The van der Waals surface area contributed by atoms with E-state index in [4.69, 9.17) is 0 Å². The van der Waals surface area contributed by atoms with Crippen molar-refractivity contribution in [2.75, 3.05) is 0 Å².